The van der Waals surface area contributed by atoms with Crippen molar-refractivity contribution in [3.05, 3.63) is 44.3 Å². The van der Waals surface area contributed by atoms with Crippen LogP contribution in [-0.4, -0.2) is 16.1 Å². The Morgan fingerprint density at radius 1 is 1.47 bits per heavy atom. The van der Waals surface area contributed by atoms with Crippen molar-refractivity contribution in [3.63, 3.8) is 0 Å². The fourth-order valence-corrected chi connectivity index (χ4v) is 3.15. The van der Waals surface area contributed by atoms with Crippen LogP contribution in [0, 0.1) is 0 Å². The summed E-state index contributed by atoms with van der Waals surface area (Å²) in [4.78, 5) is 1.15. The van der Waals surface area contributed by atoms with Crippen molar-refractivity contribution >= 4 is 39.1 Å². The van der Waals surface area contributed by atoms with Gasteiger partial charge in [-0.2, -0.15) is 0 Å². The van der Waals surface area contributed by atoms with Gasteiger partial charge in [-0.25, -0.2) is 0 Å². The van der Waals surface area contributed by atoms with Gasteiger partial charge in [0.05, 0.1) is 11.1 Å². The highest BCUT2D eigenvalue weighted by molar-refractivity contribution is 9.10. The van der Waals surface area contributed by atoms with Crippen LogP contribution >= 0.6 is 39.1 Å². The molecule has 0 radical (unpaired) electrons. The molecule has 1 heterocycles. The molecular weight excluding hydrogens is 346 g/mol. The van der Waals surface area contributed by atoms with Crippen molar-refractivity contribution in [2.24, 2.45) is 0 Å². The van der Waals surface area contributed by atoms with Crippen molar-refractivity contribution in [1.29, 1.82) is 0 Å². The first-order valence-electron chi connectivity index (χ1n) is 6.15. The van der Waals surface area contributed by atoms with Crippen LogP contribution in [0.25, 0.3) is 0 Å². The van der Waals surface area contributed by atoms with Crippen LogP contribution in [0.15, 0.2) is 28.9 Å². The summed E-state index contributed by atoms with van der Waals surface area (Å²) in [6.45, 7) is 3.12. The zero-order valence-corrected chi connectivity index (χ0v) is 13.7. The van der Waals surface area contributed by atoms with Gasteiger partial charge in [-0.3, -0.25) is 0 Å². The largest absolute Gasteiger partial charge is 0.309 e. The van der Waals surface area contributed by atoms with Crippen LogP contribution in [0.2, 0.25) is 5.02 Å². The SMILES string of the molecule is CCCNC(Cc1ccc(Br)cc1Cl)c1cnns1. The van der Waals surface area contributed by atoms with E-state index < -0.39 is 0 Å². The van der Waals surface area contributed by atoms with Crippen LogP contribution in [0.4, 0.5) is 0 Å². The Kier molecular flexibility index (Phi) is 5.76. The van der Waals surface area contributed by atoms with E-state index in [9.17, 15) is 0 Å². The lowest BCUT2D eigenvalue weighted by molar-refractivity contribution is 0.536. The van der Waals surface area contributed by atoms with E-state index in [1.165, 1.54) is 11.5 Å². The Balaban J connectivity index is 2.15. The lowest BCUT2D eigenvalue weighted by atomic mass is 10.0. The average molecular weight is 361 g/mol. The maximum Gasteiger partial charge on any atom is 0.0669 e. The van der Waals surface area contributed by atoms with Gasteiger partial charge in [-0.05, 0) is 48.6 Å². The predicted molar refractivity (Wildman–Crippen MR) is 83.8 cm³/mol. The minimum absolute atomic E-state index is 0.221. The molecule has 0 amide bonds. The van der Waals surface area contributed by atoms with E-state index in [1.807, 2.05) is 18.3 Å². The van der Waals surface area contributed by atoms with Crippen molar-refractivity contribution in [3.8, 4) is 0 Å². The third-order valence-corrected chi connectivity index (χ3v) is 4.42. The van der Waals surface area contributed by atoms with E-state index in [1.54, 1.807) is 0 Å². The van der Waals surface area contributed by atoms with Crippen molar-refractivity contribution < 1.29 is 0 Å². The summed E-state index contributed by atoms with van der Waals surface area (Å²) in [7, 11) is 0. The number of aromatic nitrogens is 2. The Hall–Kier alpha value is -0.490. The Labute approximate surface area is 130 Å². The normalized spacial score (nSPS) is 12.6. The van der Waals surface area contributed by atoms with Crippen molar-refractivity contribution in [2.45, 2.75) is 25.8 Å². The van der Waals surface area contributed by atoms with Gasteiger partial charge in [0, 0.05) is 15.5 Å². The van der Waals surface area contributed by atoms with E-state index in [-0.39, 0.29) is 6.04 Å². The van der Waals surface area contributed by atoms with Gasteiger partial charge >= 0.3 is 0 Å². The average Bonchev–Trinajstić information content (AvgIpc) is 2.90. The van der Waals surface area contributed by atoms with E-state index in [0.717, 1.165) is 39.3 Å². The molecule has 0 saturated carbocycles. The maximum atomic E-state index is 6.28. The molecule has 0 aliphatic carbocycles. The monoisotopic (exact) mass is 359 g/mol. The summed E-state index contributed by atoms with van der Waals surface area (Å²) in [5.74, 6) is 0. The third kappa shape index (κ3) is 4.24. The molecule has 0 aliphatic rings. The number of benzene rings is 1. The number of hydrogen-bond acceptors (Lipinski definition) is 4. The topological polar surface area (TPSA) is 37.8 Å². The summed E-state index contributed by atoms with van der Waals surface area (Å²) in [5, 5.41) is 8.23. The zero-order valence-electron chi connectivity index (χ0n) is 10.6. The van der Waals surface area contributed by atoms with E-state index >= 15 is 0 Å². The summed E-state index contributed by atoms with van der Waals surface area (Å²) in [6, 6.07) is 6.22. The smallest absolute Gasteiger partial charge is 0.0669 e. The zero-order chi connectivity index (χ0) is 13.7. The standard InChI is InChI=1S/C13H15BrClN3S/c1-2-5-16-12(13-8-17-18-19-13)6-9-3-4-10(14)7-11(9)15/h3-4,7-8,12,16H,2,5-6H2,1H3. The minimum Gasteiger partial charge on any atom is -0.309 e. The molecule has 1 aromatic heterocycles. The summed E-state index contributed by atoms with van der Waals surface area (Å²) in [6.07, 6.45) is 3.76. The number of rotatable bonds is 6. The Bertz CT molecular complexity index is 519. The Morgan fingerprint density at radius 2 is 2.32 bits per heavy atom. The molecule has 0 bridgehead atoms. The molecule has 1 aromatic carbocycles. The number of hydrogen-bond donors (Lipinski definition) is 1. The fourth-order valence-electron chi connectivity index (χ4n) is 1.83. The van der Waals surface area contributed by atoms with E-state index in [2.05, 4.69) is 43.8 Å². The molecule has 0 aliphatic heterocycles. The second kappa shape index (κ2) is 7.33. The molecule has 0 fully saturated rings. The highest BCUT2D eigenvalue weighted by atomic mass is 79.9. The summed E-state index contributed by atoms with van der Waals surface area (Å²) in [5.41, 5.74) is 1.13. The van der Waals surface area contributed by atoms with Crippen molar-refractivity contribution in [2.75, 3.05) is 6.54 Å². The van der Waals surface area contributed by atoms with Crippen LogP contribution < -0.4 is 5.32 Å². The second-order valence-electron chi connectivity index (χ2n) is 4.27. The first kappa shape index (κ1) is 14.9. The maximum absolute atomic E-state index is 6.28. The van der Waals surface area contributed by atoms with Gasteiger partial charge in [0.2, 0.25) is 0 Å². The molecule has 19 heavy (non-hydrogen) atoms. The molecule has 1 atom stereocenters. The quantitative estimate of drug-likeness (QED) is 0.837. The van der Waals surface area contributed by atoms with E-state index in [0.29, 0.717) is 0 Å². The number of nitrogens with zero attached hydrogens (tertiary/aromatic N) is 2. The van der Waals surface area contributed by atoms with Crippen LogP contribution in [0.5, 0.6) is 0 Å². The molecule has 2 aromatic rings. The molecule has 6 heteroatoms. The fraction of sp³-hybridized carbons (Fsp3) is 0.385. The molecular formula is C13H15BrClN3S. The molecule has 102 valence electrons. The molecule has 0 spiro atoms. The van der Waals surface area contributed by atoms with Crippen molar-refractivity contribution in [1.82, 2.24) is 14.9 Å². The molecule has 1 N–H and O–H groups in total. The van der Waals surface area contributed by atoms with Crippen LogP contribution in [-0.2, 0) is 6.42 Å². The van der Waals surface area contributed by atoms with Gasteiger partial charge in [0.15, 0.2) is 0 Å². The lowest BCUT2D eigenvalue weighted by Crippen LogP contribution is -2.23. The molecule has 3 nitrogen and oxygen atoms in total. The minimum atomic E-state index is 0.221. The summed E-state index contributed by atoms with van der Waals surface area (Å²) < 4.78 is 4.94. The Morgan fingerprint density at radius 3 is 2.95 bits per heavy atom. The highest BCUT2D eigenvalue weighted by Gasteiger charge is 2.15. The number of halogens is 2. The van der Waals surface area contributed by atoms with Crippen LogP contribution in [0.3, 0.4) is 0 Å². The second-order valence-corrected chi connectivity index (χ2v) is 6.41. The first-order chi connectivity index (χ1) is 9.20. The lowest BCUT2D eigenvalue weighted by Gasteiger charge is -2.17. The summed E-state index contributed by atoms with van der Waals surface area (Å²) >= 11 is 11.1. The van der Waals surface area contributed by atoms with E-state index in [4.69, 9.17) is 11.6 Å². The third-order valence-electron chi connectivity index (χ3n) is 2.80. The molecule has 0 saturated heterocycles. The molecule has 2 rings (SSSR count). The predicted octanol–water partition coefficient (Wildman–Crippen LogP) is 4.24. The van der Waals surface area contributed by atoms with Gasteiger partial charge in [-0.1, -0.05) is 45.0 Å². The van der Waals surface area contributed by atoms with Crippen LogP contribution in [0.1, 0.15) is 29.8 Å². The van der Waals surface area contributed by atoms with Gasteiger partial charge in [0.1, 0.15) is 0 Å². The van der Waals surface area contributed by atoms with Gasteiger partial charge < -0.3 is 5.32 Å². The highest BCUT2D eigenvalue weighted by Crippen LogP contribution is 2.27. The number of nitrogens with one attached hydrogen (secondary N) is 1. The first-order valence-corrected chi connectivity index (χ1v) is 8.09. The van der Waals surface area contributed by atoms with Gasteiger partial charge in [0.25, 0.3) is 0 Å². The van der Waals surface area contributed by atoms with Gasteiger partial charge in [-0.15, -0.1) is 5.10 Å². The molecule has 1 unspecified atom stereocenters.